The molecule has 41 heavy (non-hydrogen) atoms. The van der Waals surface area contributed by atoms with E-state index >= 15 is 0 Å². The molecule has 208 valence electrons. The lowest BCUT2D eigenvalue weighted by Gasteiger charge is -2.44. The molecule has 3 heterocycles. The lowest BCUT2D eigenvalue weighted by atomic mass is 9.82. The van der Waals surface area contributed by atoms with Crippen molar-refractivity contribution in [3.8, 4) is 17.2 Å². The number of hydrogen-bond acceptors (Lipinski definition) is 6. The molecule has 1 amide bonds. The highest BCUT2D eigenvalue weighted by Gasteiger charge is 2.44. The SMILES string of the molecule is COc1cc(C(=O)N2CCC3(CC2)CC(=O)c2cc(OC(=O)c4ccccc4)ccc2O3)cc2c1ccn2C1CC1. The topological polar surface area (TPSA) is 87.1 Å². The van der Waals surface area contributed by atoms with Crippen LogP contribution in [0.4, 0.5) is 0 Å². The third-order valence-electron chi connectivity index (χ3n) is 8.45. The number of aromatic nitrogens is 1. The summed E-state index contributed by atoms with van der Waals surface area (Å²) in [6, 6.07) is 20.0. The van der Waals surface area contributed by atoms with E-state index in [9.17, 15) is 14.4 Å². The number of amides is 1. The van der Waals surface area contributed by atoms with Gasteiger partial charge in [-0.2, -0.15) is 0 Å². The summed E-state index contributed by atoms with van der Waals surface area (Å²) in [6.07, 6.45) is 5.70. The predicted octanol–water partition coefficient (Wildman–Crippen LogP) is 5.84. The summed E-state index contributed by atoms with van der Waals surface area (Å²) in [5.41, 5.74) is 1.81. The zero-order valence-corrected chi connectivity index (χ0v) is 22.8. The maximum atomic E-state index is 13.6. The molecular weight excluding hydrogens is 520 g/mol. The summed E-state index contributed by atoms with van der Waals surface area (Å²) in [4.78, 5) is 41.1. The highest BCUT2D eigenvalue weighted by atomic mass is 16.5. The normalized spacial score (nSPS) is 17.7. The standard InChI is InChI=1S/C33H30N2O6/c1-39-30-18-22(17-27-25(30)11-14-35(27)23-7-8-23)31(37)34-15-12-33(13-16-34)20-28(36)26-19-24(9-10-29(26)41-33)40-32(38)21-5-3-2-4-6-21/h2-6,9-11,14,17-19,23H,7-8,12-13,15-16,20H2,1H3. The Hall–Kier alpha value is -4.59. The second kappa shape index (κ2) is 9.80. The van der Waals surface area contributed by atoms with Gasteiger partial charge in [0.05, 0.1) is 30.2 Å². The number of hydrogen-bond donors (Lipinski definition) is 0. The molecule has 1 spiro atoms. The van der Waals surface area contributed by atoms with Gasteiger partial charge in [-0.15, -0.1) is 0 Å². The number of carbonyl (C=O) groups excluding carboxylic acids is 3. The number of Topliss-reactive ketones (excluding diaryl/α,β-unsaturated/α-hetero) is 1. The number of esters is 1. The van der Waals surface area contributed by atoms with E-state index in [0.717, 1.165) is 23.7 Å². The van der Waals surface area contributed by atoms with Crippen LogP contribution in [0.2, 0.25) is 0 Å². The van der Waals surface area contributed by atoms with Gasteiger partial charge in [0.1, 0.15) is 22.8 Å². The molecule has 0 radical (unpaired) electrons. The number of fused-ring (bicyclic) bond motifs is 2. The van der Waals surface area contributed by atoms with Crippen LogP contribution < -0.4 is 14.2 Å². The molecular formula is C33H30N2O6. The molecule has 0 N–H and O–H groups in total. The number of ketones is 1. The Kier molecular flexibility index (Phi) is 6.07. The first-order chi connectivity index (χ1) is 19.9. The van der Waals surface area contributed by atoms with Crippen molar-refractivity contribution in [3.05, 3.63) is 89.6 Å². The number of piperidine rings is 1. The molecule has 7 rings (SSSR count). The zero-order chi connectivity index (χ0) is 28.1. The van der Waals surface area contributed by atoms with E-state index in [1.807, 2.05) is 23.1 Å². The zero-order valence-electron chi connectivity index (χ0n) is 22.8. The molecule has 3 aliphatic rings. The van der Waals surface area contributed by atoms with Gasteiger partial charge in [-0.05, 0) is 61.4 Å². The lowest BCUT2D eigenvalue weighted by molar-refractivity contribution is -0.00582. The fourth-order valence-electron chi connectivity index (χ4n) is 6.05. The molecule has 2 aliphatic heterocycles. The van der Waals surface area contributed by atoms with Crippen molar-refractivity contribution in [1.82, 2.24) is 9.47 Å². The van der Waals surface area contributed by atoms with Crippen LogP contribution in [-0.4, -0.2) is 52.9 Å². The second-order valence-corrected chi connectivity index (χ2v) is 11.2. The summed E-state index contributed by atoms with van der Waals surface area (Å²) in [7, 11) is 1.63. The van der Waals surface area contributed by atoms with Crippen molar-refractivity contribution in [3.63, 3.8) is 0 Å². The molecule has 1 aliphatic carbocycles. The van der Waals surface area contributed by atoms with Gasteiger partial charge in [-0.25, -0.2) is 4.79 Å². The van der Waals surface area contributed by atoms with Crippen molar-refractivity contribution in [2.45, 2.75) is 43.7 Å². The van der Waals surface area contributed by atoms with Crippen LogP contribution >= 0.6 is 0 Å². The number of ether oxygens (including phenoxy) is 3. The van der Waals surface area contributed by atoms with Crippen LogP contribution in [0.15, 0.2) is 72.9 Å². The van der Waals surface area contributed by atoms with Crippen molar-refractivity contribution in [1.29, 1.82) is 0 Å². The smallest absolute Gasteiger partial charge is 0.343 e. The average molecular weight is 551 g/mol. The molecule has 1 saturated carbocycles. The second-order valence-electron chi connectivity index (χ2n) is 11.2. The molecule has 8 nitrogen and oxygen atoms in total. The number of rotatable bonds is 5. The van der Waals surface area contributed by atoms with E-state index in [4.69, 9.17) is 14.2 Å². The number of benzene rings is 3. The molecule has 4 aromatic rings. The number of likely N-dealkylation sites (tertiary alicyclic amines) is 1. The Morgan fingerprint density at radius 2 is 1.73 bits per heavy atom. The molecule has 0 bridgehead atoms. The molecule has 0 unspecified atom stereocenters. The minimum atomic E-state index is -0.661. The first-order valence-corrected chi connectivity index (χ1v) is 14.0. The van der Waals surface area contributed by atoms with Crippen LogP contribution in [-0.2, 0) is 0 Å². The molecule has 8 heteroatoms. The minimum Gasteiger partial charge on any atom is -0.496 e. The monoisotopic (exact) mass is 550 g/mol. The van der Waals surface area contributed by atoms with Gasteiger partial charge in [-0.3, -0.25) is 9.59 Å². The fourth-order valence-corrected chi connectivity index (χ4v) is 6.05. The van der Waals surface area contributed by atoms with Gasteiger partial charge in [0.25, 0.3) is 5.91 Å². The third-order valence-corrected chi connectivity index (χ3v) is 8.45. The summed E-state index contributed by atoms with van der Waals surface area (Å²) in [5.74, 6) is 0.893. The summed E-state index contributed by atoms with van der Waals surface area (Å²) in [5, 5.41) is 1.01. The van der Waals surface area contributed by atoms with Gasteiger partial charge < -0.3 is 23.7 Å². The third kappa shape index (κ3) is 4.63. The molecule has 2 fully saturated rings. The van der Waals surface area contributed by atoms with Crippen molar-refractivity contribution in [2.75, 3.05) is 20.2 Å². The van der Waals surface area contributed by atoms with Gasteiger partial charge in [0.2, 0.25) is 0 Å². The highest BCUT2D eigenvalue weighted by Crippen LogP contribution is 2.42. The van der Waals surface area contributed by atoms with Crippen LogP contribution in [0.3, 0.4) is 0 Å². The van der Waals surface area contributed by atoms with Gasteiger partial charge >= 0.3 is 5.97 Å². The summed E-state index contributed by atoms with van der Waals surface area (Å²) >= 11 is 0. The van der Waals surface area contributed by atoms with E-state index in [-0.39, 0.29) is 18.1 Å². The summed E-state index contributed by atoms with van der Waals surface area (Å²) < 4.78 is 19.8. The van der Waals surface area contributed by atoms with E-state index in [1.54, 1.807) is 49.6 Å². The van der Waals surface area contributed by atoms with Crippen molar-refractivity contribution >= 4 is 28.6 Å². The minimum absolute atomic E-state index is 0.0454. The largest absolute Gasteiger partial charge is 0.496 e. The molecule has 1 aromatic heterocycles. The van der Waals surface area contributed by atoms with E-state index < -0.39 is 11.6 Å². The van der Waals surface area contributed by atoms with E-state index in [1.165, 1.54) is 0 Å². The summed E-state index contributed by atoms with van der Waals surface area (Å²) in [6.45, 7) is 0.969. The van der Waals surface area contributed by atoms with Gasteiger partial charge in [-0.1, -0.05) is 18.2 Å². The van der Waals surface area contributed by atoms with Gasteiger partial charge in [0.15, 0.2) is 5.78 Å². The Balaban J connectivity index is 1.05. The van der Waals surface area contributed by atoms with Crippen molar-refractivity contribution in [2.24, 2.45) is 0 Å². The fraction of sp³-hybridized carbons (Fsp3) is 0.303. The molecule has 0 atom stereocenters. The van der Waals surface area contributed by atoms with Crippen LogP contribution in [0.5, 0.6) is 17.2 Å². The Morgan fingerprint density at radius 1 is 0.951 bits per heavy atom. The average Bonchev–Trinajstić information content (AvgIpc) is 3.75. The quantitative estimate of drug-likeness (QED) is 0.229. The predicted molar refractivity (Wildman–Crippen MR) is 152 cm³/mol. The number of carbonyl (C=O) groups is 3. The number of nitrogens with zero attached hydrogens (tertiary/aromatic N) is 2. The van der Waals surface area contributed by atoms with E-state index in [0.29, 0.717) is 65.9 Å². The van der Waals surface area contributed by atoms with Crippen LogP contribution in [0, 0.1) is 0 Å². The maximum absolute atomic E-state index is 13.6. The van der Waals surface area contributed by atoms with Gasteiger partial charge in [0, 0.05) is 49.1 Å². The molecule has 3 aromatic carbocycles. The lowest BCUT2D eigenvalue weighted by Crippen LogP contribution is -2.52. The Labute approximate surface area is 237 Å². The van der Waals surface area contributed by atoms with Crippen LogP contribution in [0.25, 0.3) is 10.9 Å². The van der Waals surface area contributed by atoms with Crippen molar-refractivity contribution < 1.29 is 28.6 Å². The first kappa shape index (κ1) is 25.4. The number of methoxy groups -OCH3 is 1. The maximum Gasteiger partial charge on any atom is 0.343 e. The molecule has 1 saturated heterocycles. The highest BCUT2D eigenvalue weighted by molar-refractivity contribution is 6.02. The van der Waals surface area contributed by atoms with Crippen LogP contribution in [0.1, 0.15) is 69.2 Å². The first-order valence-electron chi connectivity index (χ1n) is 14.0. The van der Waals surface area contributed by atoms with E-state index in [2.05, 4.69) is 16.8 Å². The Bertz CT molecular complexity index is 1680. The Morgan fingerprint density at radius 3 is 2.46 bits per heavy atom.